The van der Waals surface area contributed by atoms with E-state index < -0.39 is 11.7 Å². The van der Waals surface area contributed by atoms with Gasteiger partial charge in [-0.05, 0) is 61.9 Å². The fraction of sp³-hybridized carbons (Fsp3) is 0.424. The van der Waals surface area contributed by atoms with Gasteiger partial charge >= 0.3 is 6.18 Å². The molecule has 214 valence electrons. The summed E-state index contributed by atoms with van der Waals surface area (Å²) in [7, 11) is 1.95. The molecule has 1 aliphatic carbocycles. The fourth-order valence-corrected chi connectivity index (χ4v) is 6.65. The molecule has 1 aliphatic heterocycles. The Morgan fingerprint density at radius 2 is 1.73 bits per heavy atom. The van der Waals surface area contributed by atoms with Gasteiger partial charge in [-0.3, -0.25) is 14.7 Å². The minimum atomic E-state index is -4.34. The number of hydrogen-bond donors (Lipinski definition) is 0. The van der Waals surface area contributed by atoms with Gasteiger partial charge in [-0.25, -0.2) is 4.98 Å². The second-order valence-electron chi connectivity index (χ2n) is 11.7. The summed E-state index contributed by atoms with van der Waals surface area (Å²) >= 11 is 0. The normalized spacial score (nSPS) is 19.8. The van der Waals surface area contributed by atoms with Crippen LogP contribution in [0.4, 0.5) is 13.2 Å². The largest absolute Gasteiger partial charge is 0.416 e. The van der Waals surface area contributed by atoms with Crippen molar-refractivity contribution in [1.82, 2.24) is 19.4 Å². The number of hydrogen-bond acceptors (Lipinski definition) is 4. The highest BCUT2D eigenvalue weighted by atomic mass is 19.4. The quantitative estimate of drug-likeness (QED) is 0.220. The molecule has 0 amide bonds. The van der Waals surface area contributed by atoms with Gasteiger partial charge in [0.2, 0.25) is 0 Å². The summed E-state index contributed by atoms with van der Waals surface area (Å²) in [4.78, 5) is 24.8. The van der Waals surface area contributed by atoms with Gasteiger partial charge in [-0.15, -0.1) is 0 Å². The van der Waals surface area contributed by atoms with Crippen LogP contribution in [0.15, 0.2) is 60.8 Å². The minimum Gasteiger partial charge on any atom is -0.331 e. The molecule has 4 aromatic rings. The van der Waals surface area contributed by atoms with Crippen LogP contribution in [-0.2, 0) is 26.2 Å². The molecule has 1 saturated carbocycles. The molecule has 8 heteroatoms. The van der Waals surface area contributed by atoms with Gasteiger partial charge < -0.3 is 4.57 Å². The van der Waals surface area contributed by atoms with Crippen molar-refractivity contribution >= 4 is 16.7 Å². The lowest BCUT2D eigenvalue weighted by Crippen LogP contribution is -2.33. The Kier molecular flexibility index (Phi) is 7.68. The average Bonchev–Trinajstić information content (AvgIpc) is 3.31. The van der Waals surface area contributed by atoms with E-state index in [1.807, 2.05) is 41.9 Å². The first-order chi connectivity index (χ1) is 19.8. The van der Waals surface area contributed by atoms with Gasteiger partial charge in [0.25, 0.3) is 0 Å². The first-order valence-corrected chi connectivity index (χ1v) is 14.6. The zero-order valence-corrected chi connectivity index (χ0v) is 23.3. The Hall–Kier alpha value is -3.52. The smallest absolute Gasteiger partial charge is 0.331 e. The maximum atomic E-state index is 13.1. The van der Waals surface area contributed by atoms with E-state index in [0.29, 0.717) is 23.8 Å². The molecule has 0 atom stereocenters. The number of alkyl halides is 3. The van der Waals surface area contributed by atoms with Crippen LogP contribution in [0.25, 0.3) is 22.3 Å². The van der Waals surface area contributed by atoms with Crippen molar-refractivity contribution in [3.05, 3.63) is 83.3 Å². The molecule has 0 spiro atoms. The summed E-state index contributed by atoms with van der Waals surface area (Å²) < 4.78 is 41.0. The highest BCUT2D eigenvalue weighted by Crippen LogP contribution is 2.35. The Bertz CT molecular complexity index is 1530. The molecular weight excluding hydrogens is 525 g/mol. The number of nitrogens with zero attached hydrogens (tertiary/aromatic N) is 4. The number of pyridine rings is 1. The lowest BCUT2D eigenvalue weighted by atomic mass is 9.78. The molecule has 0 radical (unpaired) electrons. The van der Waals surface area contributed by atoms with E-state index in [9.17, 15) is 18.0 Å². The monoisotopic (exact) mass is 560 g/mol. The molecule has 2 aromatic carbocycles. The third kappa shape index (κ3) is 5.94. The Labute approximate surface area is 238 Å². The van der Waals surface area contributed by atoms with Gasteiger partial charge in [-0.1, -0.05) is 43.2 Å². The second kappa shape index (κ2) is 11.4. The van der Waals surface area contributed by atoms with E-state index in [-0.39, 0.29) is 5.78 Å². The topological polar surface area (TPSA) is 51.0 Å². The van der Waals surface area contributed by atoms with Crippen LogP contribution in [0.3, 0.4) is 0 Å². The van der Waals surface area contributed by atoms with Gasteiger partial charge in [-0.2, -0.15) is 13.2 Å². The van der Waals surface area contributed by atoms with E-state index in [0.717, 1.165) is 98.3 Å². The molecule has 1 fully saturated rings. The number of halogens is 3. The number of carbonyl (C=O) groups is 1. The molecule has 2 aliphatic rings. The van der Waals surface area contributed by atoms with Crippen molar-refractivity contribution in [3.63, 3.8) is 0 Å². The molecule has 0 unspecified atom stereocenters. The second-order valence-corrected chi connectivity index (χ2v) is 11.7. The number of fused-ring (bicyclic) bond motifs is 2. The summed E-state index contributed by atoms with van der Waals surface area (Å²) in [5.74, 6) is 2.07. The van der Waals surface area contributed by atoms with Crippen LogP contribution in [0.1, 0.15) is 65.8 Å². The molecule has 6 rings (SSSR count). The number of rotatable bonds is 7. The van der Waals surface area contributed by atoms with Crippen molar-refractivity contribution in [2.24, 2.45) is 18.9 Å². The fourth-order valence-electron chi connectivity index (χ4n) is 6.65. The highest BCUT2D eigenvalue weighted by molar-refractivity contribution is 6.07. The van der Waals surface area contributed by atoms with E-state index in [2.05, 4.69) is 9.88 Å². The van der Waals surface area contributed by atoms with Crippen molar-refractivity contribution in [1.29, 1.82) is 0 Å². The Morgan fingerprint density at radius 3 is 2.49 bits per heavy atom. The number of carbonyl (C=O) groups excluding carboxylic acids is 1. The molecule has 0 bridgehead atoms. The Morgan fingerprint density at radius 1 is 0.976 bits per heavy atom. The lowest BCUT2D eigenvalue weighted by Gasteiger charge is -2.31. The van der Waals surface area contributed by atoms with E-state index in [4.69, 9.17) is 4.98 Å². The van der Waals surface area contributed by atoms with Crippen LogP contribution in [-0.4, -0.2) is 38.3 Å². The standard InChI is InChI=1S/C33H35F3N4O/c1-39-30-16-19-40(21-29(30)38-32(39)24-11-13-25(14-12-24)33(34,35)36)18-15-22-7-9-23(10-8-22)20-31(41)27-4-2-6-28-26(27)5-3-17-37-28/h2-6,11-14,17,22-23H,7-10,15-16,18-21H2,1H3. The third-order valence-corrected chi connectivity index (χ3v) is 9.05. The van der Waals surface area contributed by atoms with E-state index in [1.54, 1.807) is 6.20 Å². The molecule has 5 nitrogen and oxygen atoms in total. The number of aromatic nitrogens is 3. The van der Waals surface area contributed by atoms with E-state index in [1.165, 1.54) is 17.8 Å². The molecule has 0 N–H and O–H groups in total. The zero-order chi connectivity index (χ0) is 28.6. The Balaban J connectivity index is 0.998. The lowest BCUT2D eigenvalue weighted by molar-refractivity contribution is -0.137. The van der Waals surface area contributed by atoms with Gasteiger partial charge in [0.15, 0.2) is 5.78 Å². The third-order valence-electron chi connectivity index (χ3n) is 9.05. The summed E-state index contributed by atoms with van der Waals surface area (Å²) in [6.07, 6.45) is 4.58. The molecule has 0 saturated heterocycles. The van der Waals surface area contributed by atoms with Crippen LogP contribution in [0, 0.1) is 11.8 Å². The SMILES string of the molecule is Cn1c(-c2ccc(C(F)(F)F)cc2)nc2c1CCN(CCC1CCC(CC(=O)c3cccc4ncccc34)CC1)C2. The van der Waals surface area contributed by atoms with Crippen LogP contribution in [0.5, 0.6) is 0 Å². The number of ketones is 1. The summed E-state index contributed by atoms with van der Waals surface area (Å²) in [5, 5.41) is 0.942. The summed E-state index contributed by atoms with van der Waals surface area (Å²) in [6, 6.07) is 14.9. The minimum absolute atomic E-state index is 0.224. The first-order valence-electron chi connectivity index (χ1n) is 14.6. The molecule has 2 aromatic heterocycles. The maximum Gasteiger partial charge on any atom is 0.416 e. The first kappa shape index (κ1) is 27.6. The average molecular weight is 561 g/mol. The molecular formula is C33H35F3N4O. The van der Waals surface area contributed by atoms with Crippen molar-refractivity contribution in [2.75, 3.05) is 13.1 Å². The van der Waals surface area contributed by atoms with Gasteiger partial charge in [0.1, 0.15) is 5.82 Å². The summed E-state index contributed by atoms with van der Waals surface area (Å²) in [5.41, 5.74) is 3.91. The zero-order valence-electron chi connectivity index (χ0n) is 23.3. The van der Waals surface area contributed by atoms with Gasteiger partial charge in [0, 0.05) is 61.4 Å². The highest BCUT2D eigenvalue weighted by Gasteiger charge is 2.31. The number of benzene rings is 2. The van der Waals surface area contributed by atoms with Crippen LogP contribution >= 0.6 is 0 Å². The van der Waals surface area contributed by atoms with Crippen LogP contribution < -0.4 is 0 Å². The summed E-state index contributed by atoms with van der Waals surface area (Å²) in [6.45, 7) is 2.75. The predicted molar refractivity (Wildman–Crippen MR) is 153 cm³/mol. The maximum absolute atomic E-state index is 13.1. The van der Waals surface area contributed by atoms with E-state index >= 15 is 0 Å². The molecule has 41 heavy (non-hydrogen) atoms. The van der Waals surface area contributed by atoms with Gasteiger partial charge in [0.05, 0.1) is 16.8 Å². The van der Waals surface area contributed by atoms with Crippen molar-refractivity contribution in [3.8, 4) is 11.4 Å². The van der Waals surface area contributed by atoms with Crippen molar-refractivity contribution < 1.29 is 18.0 Å². The van der Waals surface area contributed by atoms with Crippen molar-refractivity contribution in [2.45, 2.75) is 57.7 Å². The number of imidazole rings is 1. The van der Waals surface area contributed by atoms with Crippen LogP contribution in [0.2, 0.25) is 0 Å². The number of Topliss-reactive ketones (excluding diaryl/α,β-unsaturated/α-hetero) is 1. The predicted octanol–water partition coefficient (Wildman–Crippen LogP) is 7.48. The molecule has 3 heterocycles.